The van der Waals surface area contributed by atoms with Crippen LogP contribution in [0.5, 0.6) is 0 Å². The Balaban J connectivity index is 4.99. The van der Waals surface area contributed by atoms with E-state index in [9.17, 15) is 9.59 Å². The first-order valence-electron chi connectivity index (χ1n) is 8.44. The molecule has 0 fully saturated rings. The normalized spacial score (nSPS) is 14.7. The molecule has 0 rings (SSSR count). The average molecular weight is 326 g/mol. The Bertz CT molecular complexity index is 423. The van der Waals surface area contributed by atoms with E-state index in [0.29, 0.717) is 0 Å². The van der Waals surface area contributed by atoms with E-state index in [4.69, 9.17) is 9.47 Å². The molecule has 0 aromatic rings. The summed E-state index contributed by atoms with van der Waals surface area (Å²) in [4.78, 5) is 23.2. The molecular formula is C19H34O4. The summed E-state index contributed by atoms with van der Waals surface area (Å²) in [5.41, 5.74) is -0.634. The van der Waals surface area contributed by atoms with Gasteiger partial charge in [-0.15, -0.1) is 0 Å². The van der Waals surface area contributed by atoms with E-state index in [2.05, 4.69) is 48.1 Å². The lowest BCUT2D eigenvalue weighted by Crippen LogP contribution is -2.48. The summed E-state index contributed by atoms with van der Waals surface area (Å²) in [5.74, 6) is -0.862. The summed E-state index contributed by atoms with van der Waals surface area (Å²) < 4.78 is 10.7. The van der Waals surface area contributed by atoms with Crippen molar-refractivity contribution in [2.75, 3.05) is 6.61 Å². The second kappa shape index (κ2) is 8.51. The number of hydrogen-bond acceptors (Lipinski definition) is 4. The molecule has 0 saturated heterocycles. The molecule has 0 aliphatic carbocycles. The van der Waals surface area contributed by atoms with Crippen molar-refractivity contribution < 1.29 is 19.1 Å². The van der Waals surface area contributed by atoms with Gasteiger partial charge < -0.3 is 9.47 Å². The van der Waals surface area contributed by atoms with Crippen LogP contribution in [0, 0.1) is 10.8 Å². The summed E-state index contributed by atoms with van der Waals surface area (Å²) in [5, 5.41) is 0. The maximum atomic E-state index is 12.2. The van der Waals surface area contributed by atoms with Crippen LogP contribution in [-0.4, -0.2) is 24.1 Å². The zero-order chi connectivity index (χ0) is 18.3. The van der Waals surface area contributed by atoms with E-state index in [1.165, 1.54) is 0 Å². The number of hydrogen-bond donors (Lipinski definition) is 0. The fourth-order valence-corrected chi connectivity index (χ4v) is 2.42. The van der Waals surface area contributed by atoms with Gasteiger partial charge in [0.1, 0.15) is 12.2 Å². The van der Waals surface area contributed by atoms with Crippen LogP contribution in [0.25, 0.3) is 0 Å². The average Bonchev–Trinajstić information content (AvgIpc) is 2.46. The molecule has 1 unspecified atom stereocenters. The van der Waals surface area contributed by atoms with Gasteiger partial charge in [-0.25, -0.2) is 4.79 Å². The standard InChI is InChI=1S/C19H34O4/c1-9-15(20)22-13-12-16(21)23-19(8,18(6,7)11-3)14-17(4,5)10-2/h9H,1,10-14H2,2-8H3. The van der Waals surface area contributed by atoms with Crippen LogP contribution in [0.4, 0.5) is 0 Å². The molecule has 0 saturated carbocycles. The third-order valence-electron chi connectivity index (χ3n) is 5.14. The van der Waals surface area contributed by atoms with Crippen molar-refractivity contribution in [3.05, 3.63) is 12.7 Å². The van der Waals surface area contributed by atoms with Crippen molar-refractivity contribution in [1.82, 2.24) is 0 Å². The minimum absolute atomic E-state index is 0.0174. The summed E-state index contributed by atoms with van der Waals surface area (Å²) in [6.45, 7) is 18.2. The number of carbonyl (C=O) groups excluding carboxylic acids is 2. The Morgan fingerprint density at radius 2 is 1.61 bits per heavy atom. The lowest BCUT2D eigenvalue weighted by atomic mass is 9.66. The van der Waals surface area contributed by atoms with Gasteiger partial charge >= 0.3 is 11.9 Å². The highest BCUT2D eigenvalue weighted by atomic mass is 16.6. The lowest BCUT2D eigenvalue weighted by molar-refractivity contribution is -0.179. The molecule has 23 heavy (non-hydrogen) atoms. The monoisotopic (exact) mass is 326 g/mol. The van der Waals surface area contributed by atoms with Crippen LogP contribution < -0.4 is 0 Å². The van der Waals surface area contributed by atoms with Gasteiger partial charge in [0.25, 0.3) is 0 Å². The summed E-state index contributed by atoms with van der Waals surface area (Å²) >= 11 is 0. The van der Waals surface area contributed by atoms with Gasteiger partial charge in [0.15, 0.2) is 0 Å². The third kappa shape index (κ3) is 6.76. The molecule has 4 heteroatoms. The molecule has 4 nitrogen and oxygen atoms in total. The van der Waals surface area contributed by atoms with Gasteiger partial charge in [0, 0.05) is 11.5 Å². The number of carbonyl (C=O) groups is 2. The van der Waals surface area contributed by atoms with Crippen LogP contribution in [0.2, 0.25) is 0 Å². The Hall–Kier alpha value is -1.32. The second-order valence-electron chi connectivity index (χ2n) is 7.76. The highest BCUT2D eigenvalue weighted by Crippen LogP contribution is 2.45. The van der Waals surface area contributed by atoms with Gasteiger partial charge in [-0.05, 0) is 25.2 Å². The van der Waals surface area contributed by atoms with Crippen molar-refractivity contribution in [3.8, 4) is 0 Å². The number of esters is 2. The molecule has 0 aromatic heterocycles. The molecule has 134 valence electrons. The molecular weight excluding hydrogens is 292 g/mol. The number of rotatable bonds is 10. The minimum atomic E-state index is -0.569. The van der Waals surface area contributed by atoms with Gasteiger partial charge in [0.2, 0.25) is 0 Å². The predicted octanol–water partition coefficient (Wildman–Crippen LogP) is 4.67. The van der Waals surface area contributed by atoms with E-state index >= 15 is 0 Å². The largest absolute Gasteiger partial charge is 0.462 e. The van der Waals surface area contributed by atoms with E-state index < -0.39 is 11.6 Å². The molecule has 1 atom stereocenters. The zero-order valence-corrected chi connectivity index (χ0v) is 16.0. The Morgan fingerprint density at radius 3 is 2.04 bits per heavy atom. The van der Waals surface area contributed by atoms with Crippen molar-refractivity contribution in [2.45, 2.75) is 79.8 Å². The van der Waals surface area contributed by atoms with Gasteiger partial charge in [0.05, 0.1) is 6.42 Å². The number of ether oxygens (including phenoxy) is 2. The first-order chi connectivity index (χ1) is 10.4. The summed E-state index contributed by atoms with van der Waals surface area (Å²) in [6, 6.07) is 0. The molecule has 0 radical (unpaired) electrons. The van der Waals surface area contributed by atoms with E-state index in [-0.39, 0.29) is 29.8 Å². The SMILES string of the molecule is C=CC(=O)OCCC(=O)OC(C)(CC(C)(C)CC)C(C)(C)CC. The molecule has 0 aliphatic heterocycles. The fourth-order valence-electron chi connectivity index (χ4n) is 2.42. The maximum Gasteiger partial charge on any atom is 0.330 e. The Kier molecular flexibility index (Phi) is 8.02. The first-order valence-corrected chi connectivity index (χ1v) is 8.44. The molecule has 0 bridgehead atoms. The molecule has 0 heterocycles. The van der Waals surface area contributed by atoms with Gasteiger partial charge in [-0.1, -0.05) is 54.5 Å². The van der Waals surface area contributed by atoms with Crippen molar-refractivity contribution in [2.24, 2.45) is 10.8 Å². The van der Waals surface area contributed by atoms with E-state index in [1.807, 2.05) is 6.92 Å². The van der Waals surface area contributed by atoms with Crippen molar-refractivity contribution in [3.63, 3.8) is 0 Å². The van der Waals surface area contributed by atoms with Crippen LogP contribution in [-0.2, 0) is 19.1 Å². The van der Waals surface area contributed by atoms with Crippen molar-refractivity contribution >= 4 is 11.9 Å². The summed E-state index contributed by atoms with van der Waals surface area (Å²) in [7, 11) is 0. The highest BCUT2D eigenvalue weighted by molar-refractivity contribution is 5.81. The molecule has 0 aromatic carbocycles. The van der Waals surface area contributed by atoms with Crippen LogP contribution in [0.15, 0.2) is 12.7 Å². The smallest absolute Gasteiger partial charge is 0.330 e. The molecule has 0 N–H and O–H groups in total. The van der Waals surface area contributed by atoms with Crippen LogP contribution in [0.1, 0.15) is 74.1 Å². The van der Waals surface area contributed by atoms with Crippen molar-refractivity contribution in [1.29, 1.82) is 0 Å². The summed E-state index contributed by atoms with van der Waals surface area (Å²) in [6.07, 6.45) is 3.84. The van der Waals surface area contributed by atoms with Gasteiger partial charge in [-0.2, -0.15) is 0 Å². The second-order valence-corrected chi connectivity index (χ2v) is 7.76. The zero-order valence-electron chi connectivity index (χ0n) is 16.0. The highest BCUT2D eigenvalue weighted by Gasteiger charge is 2.46. The lowest BCUT2D eigenvalue weighted by Gasteiger charge is -2.47. The minimum Gasteiger partial charge on any atom is -0.462 e. The molecule has 0 aliphatic rings. The first kappa shape index (κ1) is 21.7. The molecule has 0 spiro atoms. The maximum absolute atomic E-state index is 12.2. The fraction of sp³-hybridized carbons (Fsp3) is 0.789. The quantitative estimate of drug-likeness (QED) is 0.432. The van der Waals surface area contributed by atoms with E-state index in [0.717, 1.165) is 25.3 Å². The third-order valence-corrected chi connectivity index (χ3v) is 5.14. The van der Waals surface area contributed by atoms with Gasteiger partial charge in [-0.3, -0.25) is 4.79 Å². The Labute approximate surface area is 141 Å². The topological polar surface area (TPSA) is 52.6 Å². The molecule has 0 amide bonds. The Morgan fingerprint density at radius 1 is 1.04 bits per heavy atom. The van der Waals surface area contributed by atoms with E-state index in [1.54, 1.807) is 0 Å². The predicted molar refractivity (Wildman–Crippen MR) is 93.0 cm³/mol. The van der Waals surface area contributed by atoms with Crippen LogP contribution >= 0.6 is 0 Å². The van der Waals surface area contributed by atoms with Crippen LogP contribution in [0.3, 0.4) is 0 Å².